The minimum absolute atomic E-state index is 0.248. The maximum atomic E-state index is 12.5. The van der Waals surface area contributed by atoms with Crippen LogP contribution in [-0.4, -0.2) is 37.0 Å². The smallest absolute Gasteiger partial charge is 0.223 e. The monoisotopic (exact) mass is 357 g/mol. The van der Waals surface area contributed by atoms with Gasteiger partial charge in [0.1, 0.15) is 0 Å². The van der Waals surface area contributed by atoms with Crippen molar-refractivity contribution in [1.29, 1.82) is 0 Å². The molecule has 1 saturated heterocycles. The van der Waals surface area contributed by atoms with Crippen LogP contribution in [0.15, 0.2) is 24.3 Å². The van der Waals surface area contributed by atoms with Crippen molar-refractivity contribution >= 4 is 5.91 Å². The highest BCUT2D eigenvalue weighted by molar-refractivity contribution is 5.82. The Hall–Kier alpha value is -1.39. The highest BCUT2D eigenvalue weighted by Gasteiger charge is 2.57. The molecule has 1 amide bonds. The molecule has 26 heavy (non-hydrogen) atoms. The average molecular weight is 358 g/mol. The van der Waals surface area contributed by atoms with Crippen LogP contribution in [0.5, 0.6) is 0 Å². The summed E-state index contributed by atoms with van der Waals surface area (Å²) in [6.07, 6.45) is 5.89. The van der Waals surface area contributed by atoms with Gasteiger partial charge in [-0.15, -0.1) is 0 Å². The predicted octanol–water partition coefficient (Wildman–Crippen LogP) is 3.31. The topological polar surface area (TPSA) is 44.4 Å². The molecule has 1 unspecified atom stereocenters. The number of amides is 1. The van der Waals surface area contributed by atoms with E-state index in [-0.39, 0.29) is 11.8 Å². The van der Waals surface area contributed by atoms with Gasteiger partial charge < -0.3 is 10.6 Å². The van der Waals surface area contributed by atoms with Gasteiger partial charge in [-0.25, -0.2) is 0 Å². The molecule has 1 aliphatic heterocycles. The Labute approximate surface area is 158 Å². The van der Waals surface area contributed by atoms with E-state index in [4.69, 9.17) is 0 Å². The Morgan fingerprint density at radius 3 is 2.77 bits per heavy atom. The second kappa shape index (κ2) is 9.01. The van der Waals surface area contributed by atoms with Crippen molar-refractivity contribution in [1.82, 2.24) is 15.5 Å². The molecule has 1 aliphatic carbocycles. The summed E-state index contributed by atoms with van der Waals surface area (Å²) < 4.78 is 0. The van der Waals surface area contributed by atoms with E-state index >= 15 is 0 Å². The molecule has 1 spiro atoms. The first-order valence-corrected chi connectivity index (χ1v) is 10.5. The number of hydrogen-bond acceptors (Lipinski definition) is 3. The molecule has 1 saturated carbocycles. The molecular formula is C22H35N3O. The molecule has 2 fully saturated rings. The number of benzene rings is 1. The summed E-state index contributed by atoms with van der Waals surface area (Å²) in [5.41, 5.74) is 2.87. The van der Waals surface area contributed by atoms with E-state index in [0.717, 1.165) is 52.0 Å². The van der Waals surface area contributed by atoms with E-state index < -0.39 is 0 Å². The standard InChI is InChI=1S/C22H35N3O/c1-3-5-13-25(4-2)17-19-8-6-7-18(14-19)16-24-21(26)20-15-22(20)9-11-23-12-10-22/h6-8,14,20,23H,3-5,9-13,15-17H2,1-2H3,(H,24,26). The zero-order valence-electron chi connectivity index (χ0n) is 16.5. The van der Waals surface area contributed by atoms with Crippen LogP contribution in [0, 0.1) is 11.3 Å². The van der Waals surface area contributed by atoms with Crippen LogP contribution in [0.3, 0.4) is 0 Å². The molecule has 1 heterocycles. The molecule has 2 N–H and O–H groups in total. The Balaban J connectivity index is 1.48. The van der Waals surface area contributed by atoms with Crippen LogP contribution in [-0.2, 0) is 17.9 Å². The van der Waals surface area contributed by atoms with E-state index in [2.05, 4.69) is 53.6 Å². The van der Waals surface area contributed by atoms with Crippen LogP contribution in [0.2, 0.25) is 0 Å². The molecular weight excluding hydrogens is 322 g/mol. The third-order valence-electron chi connectivity index (χ3n) is 6.24. The van der Waals surface area contributed by atoms with E-state index in [1.54, 1.807) is 0 Å². The van der Waals surface area contributed by atoms with E-state index in [0.29, 0.717) is 12.0 Å². The normalized spacial score (nSPS) is 21.1. The van der Waals surface area contributed by atoms with Crippen molar-refractivity contribution in [2.75, 3.05) is 26.2 Å². The van der Waals surface area contributed by atoms with Crippen molar-refractivity contribution in [3.8, 4) is 0 Å². The SMILES string of the molecule is CCCCN(CC)Cc1cccc(CNC(=O)C2CC23CCNCC3)c1. The van der Waals surface area contributed by atoms with Gasteiger partial charge >= 0.3 is 0 Å². The first-order chi connectivity index (χ1) is 12.7. The van der Waals surface area contributed by atoms with Crippen LogP contribution >= 0.6 is 0 Å². The zero-order chi connectivity index (χ0) is 18.4. The molecule has 144 valence electrons. The van der Waals surface area contributed by atoms with E-state index in [9.17, 15) is 4.79 Å². The summed E-state index contributed by atoms with van der Waals surface area (Å²) in [6.45, 7) is 10.5. The molecule has 0 aromatic heterocycles. The maximum absolute atomic E-state index is 12.5. The largest absolute Gasteiger partial charge is 0.352 e. The Bertz CT molecular complexity index is 595. The molecule has 4 nitrogen and oxygen atoms in total. The van der Waals surface area contributed by atoms with Crippen molar-refractivity contribution < 1.29 is 4.79 Å². The van der Waals surface area contributed by atoms with Crippen molar-refractivity contribution in [2.45, 2.75) is 59.0 Å². The quantitative estimate of drug-likeness (QED) is 0.713. The summed E-state index contributed by atoms with van der Waals surface area (Å²) in [5.74, 6) is 0.507. The summed E-state index contributed by atoms with van der Waals surface area (Å²) in [5, 5.41) is 6.59. The summed E-state index contributed by atoms with van der Waals surface area (Å²) in [6, 6.07) is 8.70. The predicted molar refractivity (Wildman–Crippen MR) is 107 cm³/mol. The molecule has 0 radical (unpaired) electrons. The number of nitrogens with one attached hydrogen (secondary N) is 2. The second-order valence-electron chi connectivity index (χ2n) is 8.13. The van der Waals surface area contributed by atoms with Gasteiger partial charge in [-0.1, -0.05) is 44.5 Å². The van der Waals surface area contributed by atoms with Gasteiger partial charge in [0.05, 0.1) is 0 Å². The molecule has 2 aliphatic rings. The number of carbonyl (C=O) groups is 1. The van der Waals surface area contributed by atoms with Gasteiger partial charge in [0.25, 0.3) is 0 Å². The Morgan fingerprint density at radius 1 is 1.27 bits per heavy atom. The molecule has 4 heteroatoms. The van der Waals surface area contributed by atoms with Crippen LogP contribution in [0.4, 0.5) is 0 Å². The van der Waals surface area contributed by atoms with E-state index in [1.807, 2.05) is 0 Å². The zero-order valence-corrected chi connectivity index (χ0v) is 16.5. The number of unbranched alkanes of at least 4 members (excludes halogenated alkanes) is 1. The molecule has 0 bridgehead atoms. The van der Waals surface area contributed by atoms with Crippen LogP contribution in [0.25, 0.3) is 0 Å². The fourth-order valence-electron chi connectivity index (χ4n) is 4.33. The first-order valence-electron chi connectivity index (χ1n) is 10.5. The number of nitrogens with zero attached hydrogens (tertiary/aromatic N) is 1. The van der Waals surface area contributed by atoms with Crippen LogP contribution < -0.4 is 10.6 Å². The van der Waals surface area contributed by atoms with Gasteiger partial charge in [0.15, 0.2) is 0 Å². The summed E-state index contributed by atoms with van der Waals surface area (Å²) in [4.78, 5) is 15.0. The lowest BCUT2D eigenvalue weighted by Gasteiger charge is -2.23. The number of carbonyl (C=O) groups excluding carboxylic acids is 1. The number of rotatable bonds is 9. The highest BCUT2D eigenvalue weighted by Crippen LogP contribution is 2.58. The van der Waals surface area contributed by atoms with Crippen molar-refractivity contribution in [3.63, 3.8) is 0 Å². The molecule has 1 atom stereocenters. The Morgan fingerprint density at radius 2 is 2.04 bits per heavy atom. The highest BCUT2D eigenvalue weighted by atomic mass is 16.2. The van der Waals surface area contributed by atoms with Crippen molar-refractivity contribution in [2.24, 2.45) is 11.3 Å². The third kappa shape index (κ3) is 4.86. The average Bonchev–Trinajstić information content (AvgIpc) is 3.37. The van der Waals surface area contributed by atoms with Gasteiger partial charge in [0, 0.05) is 19.0 Å². The second-order valence-corrected chi connectivity index (χ2v) is 8.13. The fourth-order valence-corrected chi connectivity index (χ4v) is 4.33. The third-order valence-corrected chi connectivity index (χ3v) is 6.24. The molecule has 3 rings (SSSR count). The first kappa shape index (κ1) is 19.4. The maximum Gasteiger partial charge on any atom is 0.223 e. The fraction of sp³-hybridized carbons (Fsp3) is 0.682. The lowest BCUT2D eigenvalue weighted by Crippen LogP contribution is -2.33. The summed E-state index contributed by atoms with van der Waals surface area (Å²) in [7, 11) is 0. The summed E-state index contributed by atoms with van der Waals surface area (Å²) >= 11 is 0. The Kier molecular flexibility index (Phi) is 6.71. The van der Waals surface area contributed by atoms with Gasteiger partial charge in [-0.2, -0.15) is 0 Å². The minimum atomic E-state index is 0.248. The van der Waals surface area contributed by atoms with Crippen LogP contribution in [0.1, 0.15) is 57.1 Å². The van der Waals surface area contributed by atoms with Crippen molar-refractivity contribution in [3.05, 3.63) is 35.4 Å². The van der Waals surface area contributed by atoms with Gasteiger partial charge in [-0.05, 0) is 68.4 Å². The lowest BCUT2D eigenvalue weighted by molar-refractivity contribution is -0.123. The lowest BCUT2D eigenvalue weighted by atomic mass is 9.92. The minimum Gasteiger partial charge on any atom is -0.352 e. The van der Waals surface area contributed by atoms with Gasteiger partial charge in [0.2, 0.25) is 5.91 Å². The van der Waals surface area contributed by atoms with Gasteiger partial charge in [-0.3, -0.25) is 9.69 Å². The number of hydrogen-bond donors (Lipinski definition) is 2. The number of piperidine rings is 1. The molecule has 1 aromatic carbocycles. The molecule has 1 aromatic rings. The van der Waals surface area contributed by atoms with E-state index in [1.165, 1.54) is 24.0 Å².